The van der Waals surface area contributed by atoms with E-state index in [0.717, 1.165) is 17.1 Å². The SMILES string of the molecule is COC(=O)NCC(C)(C)c1ccc2c(c1)OCCO2. The van der Waals surface area contributed by atoms with Crippen LogP contribution in [0.2, 0.25) is 0 Å². The van der Waals surface area contributed by atoms with Crippen LogP contribution < -0.4 is 14.8 Å². The highest BCUT2D eigenvalue weighted by Gasteiger charge is 2.24. The lowest BCUT2D eigenvalue weighted by atomic mass is 9.84. The van der Waals surface area contributed by atoms with Gasteiger partial charge in [0.25, 0.3) is 0 Å². The summed E-state index contributed by atoms with van der Waals surface area (Å²) >= 11 is 0. The third kappa shape index (κ3) is 3.10. The Labute approximate surface area is 112 Å². The maximum Gasteiger partial charge on any atom is 0.406 e. The maximum atomic E-state index is 11.1. The summed E-state index contributed by atoms with van der Waals surface area (Å²) in [7, 11) is 1.35. The molecule has 0 aromatic heterocycles. The lowest BCUT2D eigenvalue weighted by Gasteiger charge is -2.27. The summed E-state index contributed by atoms with van der Waals surface area (Å²) < 4.78 is 15.6. The highest BCUT2D eigenvalue weighted by molar-refractivity contribution is 5.67. The molecular weight excluding hydrogens is 246 g/mol. The van der Waals surface area contributed by atoms with E-state index >= 15 is 0 Å². The lowest BCUT2D eigenvalue weighted by molar-refractivity contribution is 0.168. The standard InChI is InChI=1S/C14H19NO4/c1-14(2,9-15-13(16)17-3)10-4-5-11-12(8-10)19-7-6-18-11/h4-5,8H,6-7,9H2,1-3H3,(H,15,16). The predicted molar refractivity (Wildman–Crippen MR) is 70.9 cm³/mol. The van der Waals surface area contributed by atoms with Gasteiger partial charge in [0, 0.05) is 12.0 Å². The molecule has 19 heavy (non-hydrogen) atoms. The van der Waals surface area contributed by atoms with Crippen molar-refractivity contribution >= 4 is 6.09 Å². The van der Waals surface area contributed by atoms with Gasteiger partial charge in [-0.3, -0.25) is 0 Å². The molecule has 0 saturated heterocycles. The Morgan fingerprint density at radius 1 is 1.32 bits per heavy atom. The summed E-state index contributed by atoms with van der Waals surface area (Å²) in [6, 6.07) is 5.86. The Bertz CT molecular complexity index is 471. The number of fused-ring (bicyclic) bond motifs is 1. The van der Waals surface area contributed by atoms with E-state index in [9.17, 15) is 4.79 Å². The van der Waals surface area contributed by atoms with Crippen LogP contribution in [0.5, 0.6) is 11.5 Å². The van der Waals surface area contributed by atoms with E-state index in [4.69, 9.17) is 9.47 Å². The molecule has 1 aromatic rings. The summed E-state index contributed by atoms with van der Waals surface area (Å²) in [5.74, 6) is 1.53. The first kappa shape index (κ1) is 13.5. The van der Waals surface area contributed by atoms with E-state index in [0.29, 0.717) is 19.8 Å². The molecule has 0 bridgehead atoms. The molecule has 0 unspecified atom stereocenters. The molecule has 0 spiro atoms. The third-order valence-electron chi connectivity index (χ3n) is 3.18. The van der Waals surface area contributed by atoms with Crippen LogP contribution in [0.25, 0.3) is 0 Å². The van der Waals surface area contributed by atoms with Gasteiger partial charge >= 0.3 is 6.09 Å². The first-order valence-electron chi connectivity index (χ1n) is 6.25. The Kier molecular flexibility index (Phi) is 3.83. The van der Waals surface area contributed by atoms with Crippen LogP contribution >= 0.6 is 0 Å². The third-order valence-corrected chi connectivity index (χ3v) is 3.18. The van der Waals surface area contributed by atoms with Gasteiger partial charge in [-0.1, -0.05) is 19.9 Å². The van der Waals surface area contributed by atoms with Crippen molar-refractivity contribution in [2.24, 2.45) is 0 Å². The first-order valence-corrected chi connectivity index (χ1v) is 6.25. The van der Waals surface area contributed by atoms with Gasteiger partial charge in [-0.15, -0.1) is 0 Å². The average Bonchev–Trinajstić information content (AvgIpc) is 2.44. The summed E-state index contributed by atoms with van der Waals surface area (Å²) in [4.78, 5) is 11.1. The van der Waals surface area contributed by atoms with E-state index in [2.05, 4.69) is 10.1 Å². The first-order chi connectivity index (χ1) is 9.03. The summed E-state index contributed by atoms with van der Waals surface area (Å²) in [6.45, 7) is 5.74. The fourth-order valence-electron chi connectivity index (χ4n) is 1.93. The molecule has 5 heteroatoms. The van der Waals surface area contributed by atoms with Gasteiger partial charge in [-0.05, 0) is 17.7 Å². The van der Waals surface area contributed by atoms with Crippen LogP contribution in [-0.4, -0.2) is 33.0 Å². The van der Waals surface area contributed by atoms with Gasteiger partial charge in [0.15, 0.2) is 11.5 Å². The molecule has 5 nitrogen and oxygen atoms in total. The van der Waals surface area contributed by atoms with Crippen LogP contribution in [-0.2, 0) is 10.2 Å². The zero-order valence-corrected chi connectivity index (χ0v) is 11.5. The highest BCUT2D eigenvalue weighted by Crippen LogP contribution is 2.34. The molecular formula is C14H19NO4. The Balaban J connectivity index is 2.13. The van der Waals surface area contributed by atoms with E-state index in [1.54, 1.807) is 0 Å². The van der Waals surface area contributed by atoms with E-state index in [1.165, 1.54) is 7.11 Å². The number of carbonyl (C=O) groups is 1. The molecule has 1 aliphatic heterocycles. The zero-order valence-electron chi connectivity index (χ0n) is 11.5. The number of alkyl carbamates (subject to hydrolysis) is 1. The fraction of sp³-hybridized carbons (Fsp3) is 0.500. The van der Waals surface area contributed by atoms with Crippen molar-refractivity contribution in [3.63, 3.8) is 0 Å². The van der Waals surface area contributed by atoms with Gasteiger partial charge in [0.1, 0.15) is 13.2 Å². The van der Waals surface area contributed by atoms with Crippen molar-refractivity contribution in [2.75, 3.05) is 26.9 Å². The van der Waals surface area contributed by atoms with E-state index in [-0.39, 0.29) is 5.41 Å². The minimum absolute atomic E-state index is 0.218. The fourth-order valence-corrected chi connectivity index (χ4v) is 1.93. The molecule has 1 aromatic carbocycles. The number of amides is 1. The van der Waals surface area contributed by atoms with Gasteiger partial charge < -0.3 is 19.5 Å². The van der Waals surface area contributed by atoms with Gasteiger partial charge in [0.2, 0.25) is 0 Å². The minimum Gasteiger partial charge on any atom is -0.486 e. The molecule has 0 aliphatic carbocycles. The van der Waals surface area contributed by atoms with E-state index in [1.807, 2.05) is 32.0 Å². The quantitative estimate of drug-likeness (QED) is 0.909. The largest absolute Gasteiger partial charge is 0.486 e. The Morgan fingerprint density at radius 2 is 2.00 bits per heavy atom. The number of rotatable bonds is 3. The molecule has 0 atom stereocenters. The summed E-state index contributed by atoms with van der Waals surface area (Å²) in [5, 5.41) is 2.72. The highest BCUT2D eigenvalue weighted by atomic mass is 16.6. The van der Waals surface area contributed by atoms with Crippen molar-refractivity contribution in [1.29, 1.82) is 0 Å². The van der Waals surface area contributed by atoms with Gasteiger partial charge in [0.05, 0.1) is 7.11 Å². The topological polar surface area (TPSA) is 56.8 Å². The average molecular weight is 265 g/mol. The number of carbonyl (C=O) groups excluding carboxylic acids is 1. The molecule has 1 aliphatic rings. The number of nitrogens with one attached hydrogen (secondary N) is 1. The van der Waals surface area contributed by atoms with Crippen molar-refractivity contribution in [1.82, 2.24) is 5.32 Å². The van der Waals surface area contributed by atoms with Crippen molar-refractivity contribution in [3.05, 3.63) is 23.8 Å². The molecule has 0 saturated carbocycles. The van der Waals surface area contributed by atoms with Crippen molar-refractivity contribution in [2.45, 2.75) is 19.3 Å². The number of hydrogen-bond acceptors (Lipinski definition) is 4. The monoisotopic (exact) mass is 265 g/mol. The second-order valence-corrected chi connectivity index (χ2v) is 5.09. The molecule has 0 fully saturated rings. The molecule has 1 heterocycles. The van der Waals surface area contributed by atoms with Crippen LogP contribution in [0.1, 0.15) is 19.4 Å². The maximum absolute atomic E-state index is 11.1. The van der Waals surface area contributed by atoms with Gasteiger partial charge in [-0.2, -0.15) is 0 Å². The van der Waals surface area contributed by atoms with Crippen LogP contribution in [0, 0.1) is 0 Å². The predicted octanol–water partition coefficient (Wildman–Crippen LogP) is 2.09. The van der Waals surface area contributed by atoms with Crippen molar-refractivity contribution < 1.29 is 19.0 Å². The molecule has 1 amide bonds. The Morgan fingerprint density at radius 3 is 2.68 bits per heavy atom. The van der Waals surface area contributed by atoms with Crippen LogP contribution in [0.4, 0.5) is 4.79 Å². The second kappa shape index (κ2) is 5.38. The van der Waals surface area contributed by atoms with Crippen LogP contribution in [0.15, 0.2) is 18.2 Å². The lowest BCUT2D eigenvalue weighted by Crippen LogP contribution is -2.36. The number of benzene rings is 1. The molecule has 1 N–H and O–H groups in total. The number of methoxy groups -OCH3 is 1. The molecule has 104 valence electrons. The van der Waals surface area contributed by atoms with Crippen LogP contribution in [0.3, 0.4) is 0 Å². The second-order valence-electron chi connectivity index (χ2n) is 5.09. The van der Waals surface area contributed by atoms with Crippen molar-refractivity contribution in [3.8, 4) is 11.5 Å². The number of hydrogen-bond donors (Lipinski definition) is 1. The molecule has 2 rings (SSSR count). The van der Waals surface area contributed by atoms with E-state index < -0.39 is 6.09 Å². The zero-order chi connectivity index (χ0) is 13.9. The smallest absolute Gasteiger partial charge is 0.406 e. The summed E-state index contributed by atoms with van der Waals surface area (Å²) in [5.41, 5.74) is 0.859. The van der Waals surface area contributed by atoms with Gasteiger partial charge in [-0.25, -0.2) is 4.79 Å². The number of ether oxygens (including phenoxy) is 3. The molecule has 0 radical (unpaired) electrons. The Hall–Kier alpha value is -1.91. The summed E-state index contributed by atoms with van der Waals surface area (Å²) in [6.07, 6.45) is -0.425. The normalized spacial score (nSPS) is 13.8. The minimum atomic E-state index is -0.425.